The number of rotatable bonds is 3. The van der Waals surface area contributed by atoms with E-state index < -0.39 is 0 Å². The zero-order valence-corrected chi connectivity index (χ0v) is 12.5. The van der Waals surface area contributed by atoms with Gasteiger partial charge in [-0.25, -0.2) is 0 Å². The molecule has 0 aromatic heterocycles. The Bertz CT molecular complexity index is 515. The van der Waals surface area contributed by atoms with Gasteiger partial charge in [0.25, 0.3) is 0 Å². The van der Waals surface area contributed by atoms with E-state index in [2.05, 4.69) is 26.0 Å². The normalized spacial score (nSPS) is 11.3. The van der Waals surface area contributed by atoms with Crippen LogP contribution in [-0.4, -0.2) is 5.11 Å². The van der Waals surface area contributed by atoms with E-state index in [-0.39, 0.29) is 5.41 Å². The molecule has 0 saturated carbocycles. The predicted molar refractivity (Wildman–Crippen MR) is 81.3 cm³/mol. The van der Waals surface area contributed by atoms with Gasteiger partial charge in [-0.15, -0.1) is 0 Å². The van der Waals surface area contributed by atoms with Crippen molar-refractivity contribution in [1.82, 2.24) is 0 Å². The van der Waals surface area contributed by atoms with Crippen LogP contribution < -0.4 is 3.07 Å². The molecule has 3 heteroatoms. The molecule has 0 heterocycles. The number of hydrogen-bond donors (Lipinski definition) is 1. The third-order valence-corrected chi connectivity index (χ3v) is 3.76. The van der Waals surface area contributed by atoms with Gasteiger partial charge in [0.1, 0.15) is 11.5 Å². The molecule has 0 radical (unpaired) electrons. The average molecular weight is 354 g/mol. The summed E-state index contributed by atoms with van der Waals surface area (Å²) in [5.74, 6) is 1.14. The molecule has 0 unspecified atom stereocenters. The highest BCUT2D eigenvalue weighted by Crippen LogP contribution is 2.33. The molecule has 0 aliphatic rings. The lowest BCUT2D eigenvalue weighted by Gasteiger charge is -2.26. The number of halogens is 1. The molecule has 0 amide bonds. The number of benzene rings is 2. The Morgan fingerprint density at radius 1 is 0.889 bits per heavy atom. The minimum absolute atomic E-state index is 0.0997. The molecule has 0 atom stereocenters. The van der Waals surface area contributed by atoms with Crippen LogP contribution in [-0.2, 0) is 5.41 Å². The van der Waals surface area contributed by atoms with Crippen LogP contribution in [0, 0.1) is 0 Å². The highest BCUT2D eigenvalue weighted by Gasteiger charge is 2.22. The van der Waals surface area contributed by atoms with E-state index in [0.29, 0.717) is 5.75 Å². The van der Waals surface area contributed by atoms with Crippen molar-refractivity contribution in [2.75, 3.05) is 0 Å². The van der Waals surface area contributed by atoms with Crippen LogP contribution in [0.3, 0.4) is 0 Å². The second kappa shape index (κ2) is 5.18. The Kier molecular flexibility index (Phi) is 3.80. The molecule has 2 aromatic carbocycles. The third kappa shape index (κ3) is 2.61. The molecular weight excluding hydrogens is 339 g/mol. The van der Waals surface area contributed by atoms with Crippen LogP contribution in [0.25, 0.3) is 0 Å². The van der Waals surface area contributed by atoms with Gasteiger partial charge in [0.2, 0.25) is 0 Å². The lowest BCUT2D eigenvalue weighted by atomic mass is 9.78. The van der Waals surface area contributed by atoms with E-state index in [1.54, 1.807) is 12.1 Å². The SMILES string of the molecule is CC(C)(c1ccc(O)cc1)c1ccc(OI)cc1. The average Bonchev–Trinajstić information content (AvgIpc) is 2.39. The van der Waals surface area contributed by atoms with Crippen LogP contribution in [0.2, 0.25) is 0 Å². The number of aromatic hydroxyl groups is 1. The first-order chi connectivity index (χ1) is 8.54. The first kappa shape index (κ1) is 13.2. The topological polar surface area (TPSA) is 29.5 Å². The largest absolute Gasteiger partial charge is 0.508 e. The summed E-state index contributed by atoms with van der Waals surface area (Å²) in [5, 5.41) is 9.34. The summed E-state index contributed by atoms with van der Waals surface area (Å²) in [4.78, 5) is 0. The second-order valence-electron chi connectivity index (χ2n) is 4.77. The lowest BCUT2D eigenvalue weighted by molar-refractivity contribution is 0.474. The van der Waals surface area contributed by atoms with E-state index in [1.807, 2.05) is 47.3 Å². The highest BCUT2D eigenvalue weighted by atomic mass is 127. The molecule has 0 spiro atoms. The van der Waals surface area contributed by atoms with E-state index in [0.717, 1.165) is 5.75 Å². The quantitative estimate of drug-likeness (QED) is 0.826. The number of phenolic OH excluding ortho intramolecular Hbond substituents is 1. The van der Waals surface area contributed by atoms with Crippen LogP contribution in [0.15, 0.2) is 48.5 Å². The van der Waals surface area contributed by atoms with Crippen molar-refractivity contribution in [3.63, 3.8) is 0 Å². The van der Waals surface area contributed by atoms with Gasteiger partial charge in [0.05, 0.1) is 0 Å². The summed E-state index contributed by atoms with van der Waals surface area (Å²) in [5.41, 5.74) is 2.28. The van der Waals surface area contributed by atoms with Crippen molar-refractivity contribution in [3.8, 4) is 11.5 Å². The smallest absolute Gasteiger partial charge is 0.192 e. The summed E-state index contributed by atoms with van der Waals surface area (Å²) in [6.45, 7) is 4.33. The van der Waals surface area contributed by atoms with Gasteiger partial charge in [-0.3, -0.25) is 0 Å². The van der Waals surface area contributed by atoms with Gasteiger partial charge < -0.3 is 8.17 Å². The van der Waals surface area contributed by atoms with Crippen LogP contribution in [0.1, 0.15) is 25.0 Å². The Balaban J connectivity index is 2.37. The Morgan fingerprint density at radius 2 is 1.33 bits per heavy atom. The summed E-state index contributed by atoms with van der Waals surface area (Å²) < 4.78 is 5.14. The van der Waals surface area contributed by atoms with Gasteiger partial charge in [0, 0.05) is 5.41 Å². The summed E-state index contributed by atoms with van der Waals surface area (Å²) in [7, 11) is 0. The van der Waals surface area contributed by atoms with E-state index in [4.69, 9.17) is 3.07 Å². The summed E-state index contributed by atoms with van der Waals surface area (Å²) in [6.07, 6.45) is 0. The van der Waals surface area contributed by atoms with Gasteiger partial charge in [-0.1, -0.05) is 38.1 Å². The molecule has 0 aliphatic heterocycles. The van der Waals surface area contributed by atoms with Crippen molar-refractivity contribution < 1.29 is 8.17 Å². The fraction of sp³-hybridized carbons (Fsp3) is 0.200. The zero-order valence-electron chi connectivity index (χ0n) is 10.4. The van der Waals surface area contributed by atoms with Gasteiger partial charge in [-0.05, 0) is 35.4 Å². The monoisotopic (exact) mass is 354 g/mol. The van der Waals surface area contributed by atoms with Gasteiger partial charge in [0.15, 0.2) is 23.0 Å². The molecule has 1 N–H and O–H groups in total. The van der Waals surface area contributed by atoms with Gasteiger partial charge >= 0.3 is 0 Å². The zero-order chi connectivity index (χ0) is 13.2. The maximum atomic E-state index is 9.34. The second-order valence-corrected chi connectivity index (χ2v) is 5.21. The molecule has 2 rings (SSSR count). The van der Waals surface area contributed by atoms with Crippen molar-refractivity contribution >= 4 is 23.0 Å². The molecular formula is C15H15IO2. The molecule has 2 aromatic rings. The third-order valence-electron chi connectivity index (χ3n) is 3.25. The van der Waals surface area contributed by atoms with Crippen LogP contribution >= 0.6 is 23.0 Å². The maximum Gasteiger partial charge on any atom is 0.192 e. The summed E-state index contributed by atoms with van der Waals surface area (Å²) >= 11 is 1.87. The lowest BCUT2D eigenvalue weighted by Crippen LogP contribution is -2.18. The fourth-order valence-electron chi connectivity index (χ4n) is 1.97. The van der Waals surface area contributed by atoms with Crippen molar-refractivity contribution in [1.29, 1.82) is 0 Å². The first-order valence-electron chi connectivity index (χ1n) is 5.72. The maximum absolute atomic E-state index is 9.34. The van der Waals surface area contributed by atoms with Crippen molar-refractivity contribution in [3.05, 3.63) is 59.7 Å². The molecule has 0 saturated heterocycles. The molecule has 18 heavy (non-hydrogen) atoms. The minimum atomic E-state index is -0.0997. The standard InChI is InChI=1S/C15H15IO2/c1-15(2,11-3-7-13(17)8-4-11)12-5-9-14(18-16)10-6-12/h3-10,17H,1-2H3. The van der Waals surface area contributed by atoms with Gasteiger partial charge in [-0.2, -0.15) is 0 Å². The Hall–Kier alpha value is -1.23. The molecule has 0 fully saturated rings. The van der Waals surface area contributed by atoms with Crippen LogP contribution in [0.4, 0.5) is 0 Å². The minimum Gasteiger partial charge on any atom is -0.508 e. The predicted octanol–water partition coefficient (Wildman–Crippen LogP) is 4.45. The van der Waals surface area contributed by atoms with Crippen LogP contribution in [0.5, 0.6) is 11.5 Å². The summed E-state index contributed by atoms with van der Waals surface area (Å²) in [6, 6.07) is 15.4. The molecule has 2 nitrogen and oxygen atoms in total. The molecule has 0 aliphatic carbocycles. The molecule has 0 bridgehead atoms. The molecule has 94 valence electrons. The fourth-order valence-corrected chi connectivity index (χ4v) is 2.26. The Labute approximate surface area is 121 Å². The Morgan fingerprint density at radius 3 is 1.78 bits per heavy atom. The van der Waals surface area contributed by atoms with E-state index in [9.17, 15) is 5.11 Å². The van der Waals surface area contributed by atoms with Crippen molar-refractivity contribution in [2.45, 2.75) is 19.3 Å². The number of phenols is 1. The number of hydrogen-bond acceptors (Lipinski definition) is 2. The first-order valence-corrected chi connectivity index (χ1v) is 6.61. The highest BCUT2D eigenvalue weighted by molar-refractivity contribution is 14.1. The van der Waals surface area contributed by atoms with Crippen molar-refractivity contribution in [2.24, 2.45) is 0 Å². The van der Waals surface area contributed by atoms with E-state index >= 15 is 0 Å². The van der Waals surface area contributed by atoms with E-state index in [1.165, 1.54) is 11.1 Å².